The van der Waals surface area contributed by atoms with Crippen LogP contribution < -0.4 is 0 Å². The van der Waals surface area contributed by atoms with E-state index in [0.29, 0.717) is 5.56 Å². The minimum absolute atomic E-state index is 0.250. The number of nitrogens with zero attached hydrogens (tertiary/aromatic N) is 1. The van der Waals surface area contributed by atoms with Crippen LogP contribution in [0.4, 0.5) is 5.69 Å². The number of carboxylic acids is 2. The number of carboxylic acid groups (broad SMARTS) is 2. The molecule has 0 fully saturated rings. The normalized spacial score (nSPS) is 13.0. The predicted octanol–water partition coefficient (Wildman–Crippen LogP) is 3.41. The van der Waals surface area contributed by atoms with Crippen LogP contribution >= 0.6 is 11.3 Å². The maximum atomic E-state index is 11.9. The Morgan fingerprint density at radius 2 is 1.52 bits per heavy atom. The van der Waals surface area contributed by atoms with Crippen LogP contribution in [0.5, 0.6) is 0 Å². The van der Waals surface area contributed by atoms with Crippen molar-refractivity contribution in [2.75, 3.05) is 0 Å². The molecule has 0 unspecified atom stereocenters. The summed E-state index contributed by atoms with van der Waals surface area (Å²) in [5.41, 5.74) is -4.36. The van der Waals surface area contributed by atoms with Crippen molar-refractivity contribution in [1.82, 2.24) is 0 Å². The van der Waals surface area contributed by atoms with Crippen LogP contribution in [-0.2, 0) is 20.4 Å². The fourth-order valence-corrected chi connectivity index (χ4v) is 4.25. The van der Waals surface area contributed by atoms with Crippen LogP contribution in [0.25, 0.3) is 0 Å². The molecule has 0 saturated heterocycles. The zero-order valence-electron chi connectivity index (χ0n) is 14.0. The third kappa shape index (κ3) is 2.83. The number of carbonyl (C=O) groups is 2. The molecule has 0 amide bonds. The third-order valence-corrected chi connectivity index (χ3v) is 4.95. The molecule has 1 aromatic heterocycles. The van der Waals surface area contributed by atoms with Crippen molar-refractivity contribution >= 4 is 29.0 Å². The monoisotopic (exact) mass is 343 g/mol. The average Bonchev–Trinajstić information content (AvgIpc) is 2.70. The van der Waals surface area contributed by atoms with Crippen molar-refractivity contribution in [3.05, 3.63) is 25.9 Å². The first-order valence-electron chi connectivity index (χ1n) is 6.92. The molecular weight excluding hydrogens is 322 g/mol. The molecule has 0 saturated carbocycles. The lowest BCUT2D eigenvalue weighted by Crippen LogP contribution is -2.53. The van der Waals surface area contributed by atoms with E-state index in [9.17, 15) is 29.9 Å². The molecule has 0 spiro atoms. The van der Waals surface area contributed by atoms with Crippen molar-refractivity contribution in [2.24, 2.45) is 5.41 Å². The lowest BCUT2D eigenvalue weighted by Gasteiger charge is -2.36. The molecular formula is C15H21NO6S. The Labute approximate surface area is 138 Å². The quantitative estimate of drug-likeness (QED) is 0.491. The zero-order chi connectivity index (χ0) is 18.4. The second-order valence-electron chi connectivity index (χ2n) is 7.44. The summed E-state index contributed by atoms with van der Waals surface area (Å²) in [6, 6.07) is 0. The van der Waals surface area contributed by atoms with Gasteiger partial charge in [0.25, 0.3) is 5.69 Å². The Bertz CT molecular complexity index is 648. The minimum Gasteiger partial charge on any atom is -0.480 e. The summed E-state index contributed by atoms with van der Waals surface area (Å²) in [7, 11) is 0. The standard InChI is InChI=1S/C15H21NO6S/c1-13(2,3)8-7-23-10(9(8)16(21)22)15(11(17)18,12(19)20)14(4,5)6/h7H,1-6H3,(H,17,18)(H,19,20). The van der Waals surface area contributed by atoms with E-state index >= 15 is 0 Å². The van der Waals surface area contributed by atoms with E-state index in [0.717, 1.165) is 11.3 Å². The van der Waals surface area contributed by atoms with Crippen molar-refractivity contribution in [3.63, 3.8) is 0 Å². The van der Waals surface area contributed by atoms with E-state index in [-0.39, 0.29) is 4.88 Å². The second-order valence-corrected chi connectivity index (χ2v) is 8.32. The number of hydrogen-bond acceptors (Lipinski definition) is 5. The number of thiophene rings is 1. The first-order chi connectivity index (χ1) is 10.2. The summed E-state index contributed by atoms with van der Waals surface area (Å²) in [5, 5.41) is 32.5. The minimum atomic E-state index is -2.40. The molecule has 0 aliphatic heterocycles. The molecule has 23 heavy (non-hydrogen) atoms. The summed E-state index contributed by atoms with van der Waals surface area (Å²) < 4.78 is 0. The summed E-state index contributed by atoms with van der Waals surface area (Å²) in [6.45, 7) is 9.63. The van der Waals surface area contributed by atoms with Gasteiger partial charge in [-0.1, -0.05) is 41.5 Å². The van der Waals surface area contributed by atoms with Crippen molar-refractivity contribution < 1.29 is 24.7 Å². The van der Waals surface area contributed by atoms with Gasteiger partial charge < -0.3 is 10.2 Å². The van der Waals surface area contributed by atoms with Gasteiger partial charge in [-0.2, -0.15) is 0 Å². The molecule has 0 aromatic carbocycles. The van der Waals surface area contributed by atoms with E-state index in [2.05, 4.69) is 0 Å². The molecule has 1 aromatic rings. The number of aliphatic carboxylic acids is 2. The van der Waals surface area contributed by atoms with Gasteiger partial charge in [-0.05, 0) is 10.8 Å². The van der Waals surface area contributed by atoms with Gasteiger partial charge in [0.15, 0.2) is 0 Å². The summed E-state index contributed by atoms with van der Waals surface area (Å²) in [4.78, 5) is 34.6. The van der Waals surface area contributed by atoms with E-state index < -0.39 is 38.8 Å². The van der Waals surface area contributed by atoms with Gasteiger partial charge in [0.05, 0.1) is 4.92 Å². The van der Waals surface area contributed by atoms with Gasteiger partial charge >= 0.3 is 11.9 Å². The molecule has 0 atom stereocenters. The van der Waals surface area contributed by atoms with Crippen LogP contribution in [0.15, 0.2) is 5.38 Å². The largest absolute Gasteiger partial charge is 0.480 e. The van der Waals surface area contributed by atoms with Gasteiger partial charge in [-0.15, -0.1) is 11.3 Å². The first kappa shape index (κ1) is 19.1. The van der Waals surface area contributed by atoms with Crippen molar-refractivity contribution in [2.45, 2.75) is 52.4 Å². The Balaban J connectivity index is 3.98. The summed E-state index contributed by atoms with van der Waals surface area (Å²) in [5.74, 6) is -3.22. The lowest BCUT2D eigenvalue weighted by atomic mass is 9.64. The molecule has 1 heterocycles. The van der Waals surface area contributed by atoms with Gasteiger partial charge in [0, 0.05) is 10.9 Å². The van der Waals surface area contributed by atoms with Crippen LogP contribution in [0.2, 0.25) is 0 Å². The fourth-order valence-electron chi connectivity index (χ4n) is 2.60. The van der Waals surface area contributed by atoms with E-state index in [1.807, 2.05) is 0 Å². The van der Waals surface area contributed by atoms with Gasteiger partial charge in [0.2, 0.25) is 5.41 Å². The number of hydrogen-bond donors (Lipinski definition) is 2. The van der Waals surface area contributed by atoms with Crippen molar-refractivity contribution in [1.29, 1.82) is 0 Å². The summed E-state index contributed by atoms with van der Waals surface area (Å²) >= 11 is 0.819. The second kappa shape index (κ2) is 5.59. The molecule has 2 N–H and O–H groups in total. The van der Waals surface area contributed by atoms with Crippen LogP contribution in [0.1, 0.15) is 52.0 Å². The van der Waals surface area contributed by atoms with Crippen LogP contribution in [-0.4, -0.2) is 27.1 Å². The highest BCUT2D eigenvalue weighted by molar-refractivity contribution is 7.11. The third-order valence-electron chi connectivity index (χ3n) is 3.86. The van der Waals surface area contributed by atoms with E-state index in [1.165, 1.54) is 26.2 Å². The molecule has 128 valence electrons. The lowest BCUT2D eigenvalue weighted by molar-refractivity contribution is -0.386. The maximum absolute atomic E-state index is 11.9. The molecule has 1 rings (SSSR count). The Hall–Kier alpha value is -1.96. The summed E-state index contributed by atoms with van der Waals surface area (Å²) in [6.07, 6.45) is 0. The Morgan fingerprint density at radius 1 is 1.09 bits per heavy atom. The average molecular weight is 343 g/mol. The molecule has 8 heteroatoms. The first-order valence-corrected chi connectivity index (χ1v) is 7.80. The molecule has 0 radical (unpaired) electrons. The zero-order valence-corrected chi connectivity index (χ0v) is 14.8. The predicted molar refractivity (Wildman–Crippen MR) is 86.1 cm³/mol. The van der Waals surface area contributed by atoms with Gasteiger partial charge in [-0.25, -0.2) is 0 Å². The van der Waals surface area contributed by atoms with Crippen LogP contribution in [0.3, 0.4) is 0 Å². The highest BCUT2D eigenvalue weighted by Gasteiger charge is 2.61. The highest BCUT2D eigenvalue weighted by Crippen LogP contribution is 2.51. The SMILES string of the molecule is CC(C)(C)c1csc(C(C(=O)O)(C(=O)O)C(C)(C)C)c1[N+](=O)[O-]. The Morgan fingerprint density at radius 3 is 1.78 bits per heavy atom. The van der Waals surface area contributed by atoms with Gasteiger partial charge in [0.1, 0.15) is 4.88 Å². The highest BCUT2D eigenvalue weighted by atomic mass is 32.1. The van der Waals surface area contributed by atoms with Crippen LogP contribution in [0, 0.1) is 15.5 Å². The smallest absolute Gasteiger partial charge is 0.327 e. The topological polar surface area (TPSA) is 118 Å². The molecule has 0 aliphatic rings. The number of nitro groups is 1. The van der Waals surface area contributed by atoms with E-state index in [1.54, 1.807) is 20.8 Å². The molecule has 0 bridgehead atoms. The van der Waals surface area contributed by atoms with E-state index in [4.69, 9.17) is 0 Å². The van der Waals surface area contributed by atoms with Gasteiger partial charge in [-0.3, -0.25) is 19.7 Å². The molecule has 7 nitrogen and oxygen atoms in total. The fraction of sp³-hybridized carbons (Fsp3) is 0.600. The number of rotatable bonds is 4. The maximum Gasteiger partial charge on any atom is 0.327 e. The molecule has 0 aliphatic carbocycles. The Kier molecular flexibility index (Phi) is 4.64. The van der Waals surface area contributed by atoms with Crippen molar-refractivity contribution in [3.8, 4) is 0 Å².